The number of halogens is 3. The van der Waals surface area contributed by atoms with Crippen LogP contribution in [0.25, 0.3) is 0 Å². The van der Waals surface area contributed by atoms with Gasteiger partial charge in [0.1, 0.15) is 5.03 Å². The molecule has 1 aliphatic rings. The highest BCUT2D eigenvalue weighted by atomic mass is 32.2. The Morgan fingerprint density at radius 1 is 1.10 bits per heavy atom. The lowest BCUT2D eigenvalue weighted by molar-refractivity contribution is -0.137. The molecule has 0 radical (unpaired) electrons. The number of carbonyl (C=O) groups excluding carboxylic acids is 1. The van der Waals surface area contributed by atoms with E-state index in [4.69, 9.17) is 0 Å². The van der Waals surface area contributed by atoms with Crippen molar-refractivity contribution in [1.29, 1.82) is 0 Å². The number of anilines is 2. The number of alkyl halides is 3. The van der Waals surface area contributed by atoms with Crippen molar-refractivity contribution < 1.29 is 18.0 Å². The molecule has 10 heteroatoms. The van der Waals surface area contributed by atoms with Crippen LogP contribution in [0, 0.1) is 0 Å². The number of hydrogen-bond acceptors (Lipinski definition) is 6. The maximum atomic E-state index is 12.9. The number of hydrogen-bond donors (Lipinski definition) is 1. The number of nitrogens with zero attached hydrogens (tertiary/aromatic N) is 4. The molecule has 1 aromatic carbocycles. The SMILES string of the molecule is CC(C)NC(=O)CSc1ccc(N2CCN(c3cccc(C(F)(F)F)c3)CC2)nn1. The van der Waals surface area contributed by atoms with E-state index in [0.717, 1.165) is 11.9 Å². The molecule has 0 saturated carbocycles. The van der Waals surface area contributed by atoms with E-state index < -0.39 is 11.7 Å². The largest absolute Gasteiger partial charge is 0.416 e. The van der Waals surface area contributed by atoms with Crippen molar-refractivity contribution in [1.82, 2.24) is 15.5 Å². The van der Waals surface area contributed by atoms with E-state index in [1.54, 1.807) is 6.07 Å². The van der Waals surface area contributed by atoms with E-state index >= 15 is 0 Å². The fraction of sp³-hybridized carbons (Fsp3) is 0.450. The van der Waals surface area contributed by atoms with Gasteiger partial charge in [0, 0.05) is 37.9 Å². The third-order valence-corrected chi connectivity index (χ3v) is 5.49. The summed E-state index contributed by atoms with van der Waals surface area (Å²) in [7, 11) is 0. The average Bonchev–Trinajstić information content (AvgIpc) is 2.72. The van der Waals surface area contributed by atoms with Crippen LogP contribution in [-0.2, 0) is 11.0 Å². The first-order valence-electron chi connectivity index (χ1n) is 9.65. The summed E-state index contributed by atoms with van der Waals surface area (Å²) in [4.78, 5) is 15.7. The van der Waals surface area contributed by atoms with Crippen LogP contribution in [0.5, 0.6) is 0 Å². The summed E-state index contributed by atoms with van der Waals surface area (Å²) in [5.74, 6) is 0.947. The molecule has 2 aromatic rings. The summed E-state index contributed by atoms with van der Waals surface area (Å²) in [6.45, 7) is 6.26. The summed E-state index contributed by atoms with van der Waals surface area (Å²) in [5, 5.41) is 11.9. The quantitative estimate of drug-likeness (QED) is 0.696. The van der Waals surface area contributed by atoms with Gasteiger partial charge in [-0.15, -0.1) is 10.2 Å². The van der Waals surface area contributed by atoms with Gasteiger partial charge in [-0.05, 0) is 44.2 Å². The molecular weight excluding hydrogens is 415 g/mol. The van der Waals surface area contributed by atoms with Gasteiger partial charge >= 0.3 is 6.18 Å². The maximum absolute atomic E-state index is 12.9. The Kier molecular flexibility index (Phi) is 7.06. The standard InChI is InChI=1S/C20H24F3N5OS/c1-14(2)24-18(29)13-30-19-7-6-17(25-26-19)28-10-8-27(9-11-28)16-5-3-4-15(12-16)20(21,22)23/h3-7,12,14H,8-11,13H2,1-2H3,(H,24,29). The van der Waals surface area contributed by atoms with Gasteiger partial charge in [0.05, 0.1) is 11.3 Å². The maximum Gasteiger partial charge on any atom is 0.416 e. The Bertz CT molecular complexity index is 852. The van der Waals surface area contributed by atoms with Crippen molar-refractivity contribution >= 4 is 29.2 Å². The highest BCUT2D eigenvalue weighted by Crippen LogP contribution is 2.32. The molecule has 0 atom stereocenters. The number of aromatic nitrogens is 2. The molecule has 1 fully saturated rings. The Labute approximate surface area is 177 Å². The van der Waals surface area contributed by atoms with E-state index in [9.17, 15) is 18.0 Å². The number of amides is 1. The Balaban J connectivity index is 1.53. The van der Waals surface area contributed by atoms with Crippen LogP contribution in [0.4, 0.5) is 24.7 Å². The zero-order valence-electron chi connectivity index (χ0n) is 16.8. The van der Waals surface area contributed by atoms with Crippen molar-refractivity contribution in [2.24, 2.45) is 0 Å². The van der Waals surface area contributed by atoms with Gasteiger partial charge in [-0.2, -0.15) is 13.2 Å². The van der Waals surface area contributed by atoms with Crippen molar-refractivity contribution in [2.75, 3.05) is 41.7 Å². The van der Waals surface area contributed by atoms with Crippen LogP contribution >= 0.6 is 11.8 Å². The molecule has 162 valence electrons. The van der Waals surface area contributed by atoms with Crippen molar-refractivity contribution in [2.45, 2.75) is 31.1 Å². The normalized spacial score (nSPS) is 14.9. The van der Waals surface area contributed by atoms with Crippen LogP contribution in [0.1, 0.15) is 19.4 Å². The van der Waals surface area contributed by atoms with Gasteiger partial charge in [-0.1, -0.05) is 17.8 Å². The van der Waals surface area contributed by atoms with Crippen molar-refractivity contribution in [3.05, 3.63) is 42.0 Å². The molecule has 1 aromatic heterocycles. The Hall–Kier alpha value is -2.49. The Morgan fingerprint density at radius 3 is 2.40 bits per heavy atom. The number of benzene rings is 1. The number of nitrogens with one attached hydrogen (secondary N) is 1. The average molecular weight is 440 g/mol. The summed E-state index contributed by atoms with van der Waals surface area (Å²) < 4.78 is 38.8. The van der Waals surface area contributed by atoms with Gasteiger partial charge in [-0.25, -0.2) is 0 Å². The van der Waals surface area contributed by atoms with E-state index in [2.05, 4.69) is 20.4 Å². The zero-order valence-corrected chi connectivity index (χ0v) is 17.6. The molecule has 0 spiro atoms. The van der Waals surface area contributed by atoms with Crippen molar-refractivity contribution in [3.8, 4) is 0 Å². The second-order valence-corrected chi connectivity index (χ2v) is 8.26. The highest BCUT2D eigenvalue weighted by Gasteiger charge is 2.31. The van der Waals surface area contributed by atoms with E-state index in [1.165, 1.54) is 23.9 Å². The van der Waals surface area contributed by atoms with Crippen LogP contribution in [-0.4, -0.2) is 54.1 Å². The third-order valence-electron chi connectivity index (χ3n) is 4.57. The minimum absolute atomic E-state index is 0.0495. The predicted molar refractivity (Wildman–Crippen MR) is 112 cm³/mol. The molecule has 30 heavy (non-hydrogen) atoms. The molecular formula is C20H24F3N5OS. The van der Waals surface area contributed by atoms with E-state index in [0.29, 0.717) is 36.9 Å². The van der Waals surface area contributed by atoms with Crippen LogP contribution in [0.15, 0.2) is 41.4 Å². The molecule has 1 N–H and O–H groups in total. The number of rotatable bonds is 6. The molecule has 2 heterocycles. The second kappa shape index (κ2) is 9.55. The highest BCUT2D eigenvalue weighted by molar-refractivity contribution is 7.99. The number of piperazine rings is 1. The minimum Gasteiger partial charge on any atom is -0.368 e. The third kappa shape index (κ3) is 6.01. The predicted octanol–water partition coefficient (Wildman–Crippen LogP) is 3.44. The summed E-state index contributed by atoms with van der Waals surface area (Å²) >= 11 is 1.32. The fourth-order valence-electron chi connectivity index (χ4n) is 3.13. The van der Waals surface area contributed by atoms with E-state index in [1.807, 2.05) is 30.9 Å². The van der Waals surface area contributed by atoms with Crippen LogP contribution < -0.4 is 15.1 Å². The van der Waals surface area contributed by atoms with Gasteiger partial charge in [0.25, 0.3) is 0 Å². The lowest BCUT2D eigenvalue weighted by Crippen LogP contribution is -2.47. The molecule has 6 nitrogen and oxygen atoms in total. The minimum atomic E-state index is -4.34. The molecule has 0 aliphatic carbocycles. The van der Waals surface area contributed by atoms with Gasteiger partial charge in [0.2, 0.25) is 5.91 Å². The molecule has 1 amide bonds. The van der Waals surface area contributed by atoms with E-state index in [-0.39, 0.29) is 17.7 Å². The second-order valence-electron chi connectivity index (χ2n) is 7.26. The molecule has 0 unspecified atom stereocenters. The summed E-state index contributed by atoms with van der Waals surface area (Å²) in [6, 6.07) is 9.20. The van der Waals surface area contributed by atoms with Gasteiger partial charge in [0.15, 0.2) is 5.82 Å². The lowest BCUT2D eigenvalue weighted by atomic mass is 10.1. The van der Waals surface area contributed by atoms with Gasteiger partial charge in [-0.3, -0.25) is 4.79 Å². The first-order valence-corrected chi connectivity index (χ1v) is 10.6. The molecule has 0 bridgehead atoms. The monoisotopic (exact) mass is 439 g/mol. The van der Waals surface area contributed by atoms with Gasteiger partial charge < -0.3 is 15.1 Å². The molecule has 1 saturated heterocycles. The number of carbonyl (C=O) groups is 1. The summed E-state index contributed by atoms with van der Waals surface area (Å²) in [6.07, 6.45) is -4.34. The topological polar surface area (TPSA) is 61.4 Å². The Morgan fingerprint density at radius 2 is 1.80 bits per heavy atom. The first-order chi connectivity index (χ1) is 14.2. The lowest BCUT2D eigenvalue weighted by Gasteiger charge is -2.36. The van der Waals surface area contributed by atoms with Crippen LogP contribution in [0.3, 0.4) is 0 Å². The fourth-order valence-corrected chi connectivity index (χ4v) is 3.76. The van der Waals surface area contributed by atoms with Crippen molar-refractivity contribution in [3.63, 3.8) is 0 Å². The molecule has 3 rings (SSSR count). The van der Waals surface area contributed by atoms with Crippen LogP contribution in [0.2, 0.25) is 0 Å². The first kappa shape index (κ1) is 22.2. The smallest absolute Gasteiger partial charge is 0.368 e. The number of thioether (sulfide) groups is 1. The molecule has 1 aliphatic heterocycles. The zero-order chi connectivity index (χ0) is 21.7. The summed E-state index contributed by atoms with van der Waals surface area (Å²) in [5.41, 5.74) is -0.0644.